The molecule has 0 bridgehead atoms. The Bertz CT molecular complexity index is 1020. The van der Waals surface area contributed by atoms with Crippen molar-refractivity contribution in [3.8, 4) is 16.9 Å². The molecule has 0 spiro atoms. The summed E-state index contributed by atoms with van der Waals surface area (Å²) >= 11 is 0. The maximum absolute atomic E-state index is 12.6. The van der Waals surface area contributed by atoms with E-state index in [-0.39, 0.29) is 11.7 Å². The Labute approximate surface area is 157 Å². The Kier molecular flexibility index (Phi) is 4.19. The van der Waals surface area contributed by atoms with Crippen LogP contribution in [0.15, 0.2) is 57.7 Å². The number of hydrogen-bond donors (Lipinski definition) is 0. The van der Waals surface area contributed by atoms with E-state index in [0.29, 0.717) is 24.4 Å². The van der Waals surface area contributed by atoms with Crippen LogP contribution in [0.3, 0.4) is 0 Å². The van der Waals surface area contributed by atoms with Gasteiger partial charge >= 0.3 is 5.63 Å². The second-order valence-electron chi connectivity index (χ2n) is 7.19. The van der Waals surface area contributed by atoms with Gasteiger partial charge in [-0.2, -0.15) is 0 Å². The number of rotatable bonds is 3. The smallest absolute Gasteiger partial charge is 0.344 e. The topological polar surface area (TPSA) is 51.9 Å². The molecule has 2 aliphatic heterocycles. The van der Waals surface area contributed by atoms with Crippen LogP contribution < -0.4 is 10.4 Å². The second-order valence-corrected chi connectivity index (χ2v) is 7.19. The van der Waals surface area contributed by atoms with E-state index in [2.05, 4.69) is 4.90 Å². The third kappa shape index (κ3) is 3.13. The number of nitrogens with zero attached hydrogens (tertiary/aromatic N) is 1. The molecular formula is C22H21NO4. The van der Waals surface area contributed by atoms with Gasteiger partial charge in [0.25, 0.3) is 0 Å². The molecule has 5 rings (SSSR count). The van der Waals surface area contributed by atoms with Gasteiger partial charge in [-0.25, -0.2) is 4.79 Å². The number of benzene rings is 2. The lowest BCUT2D eigenvalue weighted by atomic mass is 10.0. The first kappa shape index (κ1) is 16.5. The molecule has 2 aromatic carbocycles. The van der Waals surface area contributed by atoms with Crippen LogP contribution in [0, 0.1) is 0 Å². The molecule has 1 aromatic heterocycles. The molecule has 0 saturated carbocycles. The van der Waals surface area contributed by atoms with Gasteiger partial charge < -0.3 is 13.9 Å². The molecule has 1 fully saturated rings. The zero-order chi connectivity index (χ0) is 18.2. The normalized spacial score (nSPS) is 19.8. The van der Waals surface area contributed by atoms with Gasteiger partial charge in [0.1, 0.15) is 18.1 Å². The van der Waals surface area contributed by atoms with Crippen molar-refractivity contribution in [3.05, 3.63) is 64.5 Å². The standard InChI is InChI=1S/C22H21NO4/c24-22-18(15-5-2-1-3-6-15)11-16-8-9-20-19(21(16)27-22)13-23(14-26-20)12-17-7-4-10-25-17/h1-3,5-6,8-9,11,17H,4,7,10,12-14H2/t17-/m1/s1. The van der Waals surface area contributed by atoms with Crippen LogP contribution in [0.4, 0.5) is 0 Å². The van der Waals surface area contributed by atoms with Crippen LogP contribution >= 0.6 is 0 Å². The minimum atomic E-state index is -0.321. The van der Waals surface area contributed by atoms with E-state index in [1.165, 1.54) is 0 Å². The summed E-state index contributed by atoms with van der Waals surface area (Å²) in [5.41, 5.74) is 2.68. The van der Waals surface area contributed by atoms with E-state index in [9.17, 15) is 4.79 Å². The molecule has 3 aromatic rings. The van der Waals surface area contributed by atoms with Crippen molar-refractivity contribution in [2.24, 2.45) is 0 Å². The molecule has 0 aliphatic carbocycles. The third-order valence-corrected chi connectivity index (χ3v) is 5.32. The Morgan fingerprint density at radius 2 is 2.00 bits per heavy atom. The number of fused-ring (bicyclic) bond motifs is 3. The van der Waals surface area contributed by atoms with E-state index in [1.54, 1.807) is 0 Å². The minimum Gasteiger partial charge on any atom is -0.478 e. The van der Waals surface area contributed by atoms with Crippen molar-refractivity contribution in [1.82, 2.24) is 4.90 Å². The Hall–Kier alpha value is -2.63. The molecule has 0 unspecified atom stereocenters. The number of ether oxygens (including phenoxy) is 2. The molecule has 2 aliphatic rings. The maximum atomic E-state index is 12.6. The maximum Gasteiger partial charge on any atom is 0.344 e. The second kappa shape index (κ2) is 6.83. The van der Waals surface area contributed by atoms with E-state index >= 15 is 0 Å². The molecule has 0 amide bonds. The molecule has 5 nitrogen and oxygen atoms in total. The molecule has 1 atom stereocenters. The largest absolute Gasteiger partial charge is 0.478 e. The van der Waals surface area contributed by atoms with Crippen molar-refractivity contribution in [2.45, 2.75) is 25.5 Å². The van der Waals surface area contributed by atoms with Gasteiger partial charge in [0.05, 0.1) is 17.2 Å². The summed E-state index contributed by atoms with van der Waals surface area (Å²) in [6.07, 6.45) is 2.48. The predicted molar refractivity (Wildman–Crippen MR) is 103 cm³/mol. The zero-order valence-electron chi connectivity index (χ0n) is 15.0. The summed E-state index contributed by atoms with van der Waals surface area (Å²) in [5.74, 6) is 0.793. The van der Waals surface area contributed by atoms with Gasteiger partial charge in [-0.3, -0.25) is 4.90 Å². The van der Waals surface area contributed by atoms with Crippen LogP contribution in [-0.2, 0) is 11.3 Å². The summed E-state index contributed by atoms with van der Waals surface area (Å²) in [4.78, 5) is 14.8. The highest BCUT2D eigenvalue weighted by atomic mass is 16.5. The van der Waals surface area contributed by atoms with Gasteiger partial charge in [0, 0.05) is 25.1 Å². The molecule has 138 valence electrons. The first-order chi connectivity index (χ1) is 13.3. The summed E-state index contributed by atoms with van der Waals surface area (Å²) < 4.78 is 17.4. The first-order valence-corrected chi connectivity index (χ1v) is 9.40. The zero-order valence-corrected chi connectivity index (χ0v) is 15.0. The summed E-state index contributed by atoms with van der Waals surface area (Å²) in [5, 5.41) is 0.912. The van der Waals surface area contributed by atoms with Crippen molar-refractivity contribution in [2.75, 3.05) is 19.9 Å². The van der Waals surface area contributed by atoms with E-state index < -0.39 is 0 Å². The van der Waals surface area contributed by atoms with Gasteiger partial charge in [-0.15, -0.1) is 0 Å². The van der Waals surface area contributed by atoms with E-state index in [0.717, 1.165) is 48.3 Å². The summed E-state index contributed by atoms with van der Waals surface area (Å²) in [6, 6.07) is 15.4. The Balaban J connectivity index is 1.52. The average molecular weight is 363 g/mol. The quantitative estimate of drug-likeness (QED) is 0.663. The third-order valence-electron chi connectivity index (χ3n) is 5.32. The van der Waals surface area contributed by atoms with E-state index in [4.69, 9.17) is 13.9 Å². The Morgan fingerprint density at radius 3 is 2.81 bits per heavy atom. The highest BCUT2D eigenvalue weighted by Crippen LogP contribution is 2.33. The van der Waals surface area contributed by atoms with Gasteiger partial charge in [-0.05, 0) is 36.6 Å². The minimum absolute atomic E-state index is 0.266. The molecule has 5 heteroatoms. The first-order valence-electron chi connectivity index (χ1n) is 9.40. The predicted octanol–water partition coefficient (Wildman–Crippen LogP) is 3.79. The highest BCUT2D eigenvalue weighted by molar-refractivity contribution is 5.86. The lowest BCUT2D eigenvalue weighted by Gasteiger charge is -2.30. The lowest BCUT2D eigenvalue weighted by molar-refractivity contribution is 0.0281. The highest BCUT2D eigenvalue weighted by Gasteiger charge is 2.25. The average Bonchev–Trinajstić information content (AvgIpc) is 3.21. The van der Waals surface area contributed by atoms with Gasteiger partial charge in [0.2, 0.25) is 0 Å². The van der Waals surface area contributed by atoms with Crippen molar-refractivity contribution in [3.63, 3.8) is 0 Å². The molecule has 0 N–H and O–H groups in total. The summed E-state index contributed by atoms with van der Waals surface area (Å²) in [6.45, 7) is 2.91. The summed E-state index contributed by atoms with van der Waals surface area (Å²) in [7, 11) is 0. The van der Waals surface area contributed by atoms with Crippen LogP contribution in [0.2, 0.25) is 0 Å². The monoisotopic (exact) mass is 363 g/mol. The molecule has 1 saturated heterocycles. The van der Waals surface area contributed by atoms with E-state index in [1.807, 2.05) is 48.5 Å². The van der Waals surface area contributed by atoms with Crippen LogP contribution in [0.5, 0.6) is 5.75 Å². The van der Waals surface area contributed by atoms with Gasteiger partial charge in [0.15, 0.2) is 0 Å². The van der Waals surface area contributed by atoms with Crippen molar-refractivity contribution < 1.29 is 13.9 Å². The fraction of sp³-hybridized carbons (Fsp3) is 0.318. The van der Waals surface area contributed by atoms with Crippen LogP contribution in [-0.4, -0.2) is 30.9 Å². The molecule has 0 radical (unpaired) electrons. The Morgan fingerprint density at radius 1 is 1.11 bits per heavy atom. The van der Waals surface area contributed by atoms with Gasteiger partial charge in [-0.1, -0.05) is 30.3 Å². The van der Waals surface area contributed by atoms with Crippen molar-refractivity contribution >= 4 is 11.0 Å². The number of hydrogen-bond acceptors (Lipinski definition) is 5. The van der Waals surface area contributed by atoms with Crippen LogP contribution in [0.1, 0.15) is 18.4 Å². The van der Waals surface area contributed by atoms with Crippen molar-refractivity contribution in [1.29, 1.82) is 0 Å². The SMILES string of the molecule is O=c1oc2c3c(ccc2cc1-c1ccccc1)OCN(C[C@H]1CCCO1)C3. The molecular weight excluding hydrogens is 342 g/mol. The fourth-order valence-electron chi connectivity index (χ4n) is 3.95. The molecule has 3 heterocycles. The van der Waals surface area contributed by atoms with Crippen LogP contribution in [0.25, 0.3) is 22.1 Å². The lowest BCUT2D eigenvalue weighted by Crippen LogP contribution is -2.37. The molecule has 27 heavy (non-hydrogen) atoms. The fourth-order valence-corrected chi connectivity index (χ4v) is 3.95.